The van der Waals surface area contributed by atoms with Gasteiger partial charge in [-0.1, -0.05) is 25.7 Å². The highest BCUT2D eigenvalue weighted by atomic mass is 28.3. The van der Waals surface area contributed by atoms with Crippen molar-refractivity contribution in [1.82, 2.24) is 0 Å². The Morgan fingerprint density at radius 3 is 1.97 bits per heavy atom. The number of ether oxygens (including phenoxy) is 6. The lowest BCUT2D eigenvalue weighted by molar-refractivity contribution is -0.315. The number of carbonyl (C=O) groups is 3. The molecule has 0 aromatic rings. The van der Waals surface area contributed by atoms with Crippen LogP contribution in [0.25, 0.3) is 0 Å². The summed E-state index contributed by atoms with van der Waals surface area (Å²) in [7, 11) is -1.41. The van der Waals surface area contributed by atoms with Crippen molar-refractivity contribution in [3.63, 3.8) is 0 Å². The maximum Gasteiger partial charge on any atom is 0.303 e. The molecule has 0 bridgehead atoms. The molecule has 0 saturated carbocycles. The van der Waals surface area contributed by atoms with Gasteiger partial charge in [0.1, 0.15) is 6.10 Å². The molecule has 0 spiro atoms. The molecule has 1 aliphatic rings. The van der Waals surface area contributed by atoms with E-state index in [9.17, 15) is 14.4 Å². The van der Waals surface area contributed by atoms with E-state index in [0.29, 0.717) is 6.61 Å². The number of rotatable bonds is 11. The van der Waals surface area contributed by atoms with Crippen LogP contribution in [0.4, 0.5) is 0 Å². The Kier molecular flexibility index (Phi) is 10.8. The zero-order valence-electron chi connectivity index (χ0n) is 19.5. The van der Waals surface area contributed by atoms with E-state index in [1.54, 1.807) is 13.0 Å². The molecule has 1 fully saturated rings. The molecule has 0 aromatic carbocycles. The summed E-state index contributed by atoms with van der Waals surface area (Å²) in [5.41, 5.74) is 0. The fourth-order valence-electron chi connectivity index (χ4n) is 3.11. The molecule has 0 N–H and O–H groups in total. The van der Waals surface area contributed by atoms with Gasteiger partial charge in [0.15, 0.2) is 24.6 Å². The molecule has 0 aliphatic carbocycles. The van der Waals surface area contributed by atoms with Crippen molar-refractivity contribution in [2.75, 3.05) is 13.2 Å². The molecule has 1 saturated heterocycles. The molecular formula is C21H36O9Si. The quantitative estimate of drug-likeness (QED) is 0.199. The van der Waals surface area contributed by atoms with E-state index < -0.39 is 62.8 Å². The summed E-state index contributed by atoms with van der Waals surface area (Å²) in [6, 6.07) is 0.846. The summed E-state index contributed by atoms with van der Waals surface area (Å²) in [5.74, 6) is -1.84. The molecule has 0 aromatic heterocycles. The Bertz CT molecular complexity index is 631. The number of hydrogen-bond acceptors (Lipinski definition) is 9. The van der Waals surface area contributed by atoms with Crippen molar-refractivity contribution in [3.8, 4) is 0 Å². The maximum absolute atomic E-state index is 11.9. The predicted octanol–water partition coefficient (Wildman–Crippen LogP) is 2.45. The summed E-state index contributed by atoms with van der Waals surface area (Å²) in [6.07, 6.45) is -4.17. The van der Waals surface area contributed by atoms with Crippen LogP contribution in [0.3, 0.4) is 0 Å². The third-order valence-corrected chi connectivity index (χ3v) is 6.21. The first-order valence-electron chi connectivity index (χ1n) is 10.4. The lowest BCUT2D eigenvalue weighted by atomic mass is 9.95. The Hall–Kier alpha value is -1.75. The molecule has 0 unspecified atom stereocenters. The number of esters is 3. The average Bonchev–Trinajstić information content (AvgIpc) is 2.61. The van der Waals surface area contributed by atoms with Crippen molar-refractivity contribution >= 4 is 26.0 Å². The van der Waals surface area contributed by atoms with Crippen molar-refractivity contribution < 1.29 is 42.8 Å². The smallest absolute Gasteiger partial charge is 0.303 e. The molecule has 0 radical (unpaired) electrons. The highest BCUT2D eigenvalue weighted by molar-refractivity contribution is 6.76. The van der Waals surface area contributed by atoms with Gasteiger partial charge in [0.05, 0.1) is 12.7 Å². The van der Waals surface area contributed by atoms with Crippen LogP contribution in [0.2, 0.25) is 25.7 Å². The van der Waals surface area contributed by atoms with Crippen molar-refractivity contribution in [2.24, 2.45) is 0 Å². The first kappa shape index (κ1) is 27.3. The highest BCUT2D eigenvalue weighted by Gasteiger charge is 2.54. The lowest BCUT2D eigenvalue weighted by Gasteiger charge is -2.45. The number of hydrogen-bond donors (Lipinski definition) is 0. The van der Waals surface area contributed by atoms with Crippen LogP contribution in [-0.4, -0.2) is 76.0 Å². The van der Waals surface area contributed by atoms with Crippen LogP contribution < -0.4 is 0 Å². The fourth-order valence-corrected chi connectivity index (χ4v) is 3.84. The summed E-state index contributed by atoms with van der Waals surface area (Å²) < 4.78 is 34.1. The van der Waals surface area contributed by atoms with Crippen LogP contribution in [0.15, 0.2) is 12.7 Å². The average molecular weight is 461 g/mol. The minimum Gasteiger partial charge on any atom is -0.456 e. The van der Waals surface area contributed by atoms with E-state index in [1.807, 2.05) is 0 Å². The van der Waals surface area contributed by atoms with Gasteiger partial charge in [0, 0.05) is 35.5 Å². The molecule has 31 heavy (non-hydrogen) atoms. The van der Waals surface area contributed by atoms with Crippen LogP contribution in [0.5, 0.6) is 0 Å². The number of carbonyl (C=O) groups excluding carboxylic acids is 3. The van der Waals surface area contributed by atoms with E-state index >= 15 is 0 Å². The third kappa shape index (κ3) is 9.50. The Balaban J connectivity index is 3.29. The Morgan fingerprint density at radius 2 is 1.48 bits per heavy atom. The zero-order chi connectivity index (χ0) is 23.8. The van der Waals surface area contributed by atoms with Crippen molar-refractivity contribution in [2.45, 2.75) is 90.2 Å². The third-order valence-electron chi connectivity index (χ3n) is 4.51. The van der Waals surface area contributed by atoms with Gasteiger partial charge in [0.25, 0.3) is 0 Å². The lowest BCUT2D eigenvalue weighted by Crippen LogP contribution is -2.64. The second-order valence-electron chi connectivity index (χ2n) is 8.70. The summed E-state index contributed by atoms with van der Waals surface area (Å²) in [4.78, 5) is 35.5. The van der Waals surface area contributed by atoms with Crippen LogP contribution in [0.1, 0.15) is 27.7 Å². The zero-order valence-corrected chi connectivity index (χ0v) is 20.5. The topological polar surface area (TPSA) is 107 Å². The van der Waals surface area contributed by atoms with E-state index in [-0.39, 0.29) is 6.61 Å². The minimum atomic E-state index is -1.41. The maximum atomic E-state index is 11.9. The summed E-state index contributed by atoms with van der Waals surface area (Å²) >= 11 is 0. The molecule has 6 atom stereocenters. The van der Waals surface area contributed by atoms with Gasteiger partial charge in [-0.05, 0) is 13.0 Å². The van der Waals surface area contributed by atoms with E-state index in [4.69, 9.17) is 28.4 Å². The van der Waals surface area contributed by atoms with Crippen molar-refractivity contribution in [1.29, 1.82) is 0 Å². The largest absolute Gasteiger partial charge is 0.456 e. The second-order valence-corrected chi connectivity index (χ2v) is 14.3. The van der Waals surface area contributed by atoms with Crippen LogP contribution in [-0.2, 0) is 42.8 Å². The minimum absolute atomic E-state index is 0.237. The molecule has 0 amide bonds. The van der Waals surface area contributed by atoms with Crippen LogP contribution >= 0.6 is 0 Å². The van der Waals surface area contributed by atoms with Crippen LogP contribution in [0, 0.1) is 0 Å². The predicted molar refractivity (Wildman–Crippen MR) is 115 cm³/mol. The van der Waals surface area contributed by atoms with Gasteiger partial charge in [0.2, 0.25) is 0 Å². The summed E-state index contributed by atoms with van der Waals surface area (Å²) in [6.45, 7) is 16.3. The van der Waals surface area contributed by atoms with Gasteiger partial charge in [-0.25, -0.2) is 0 Å². The highest BCUT2D eigenvalue weighted by Crippen LogP contribution is 2.32. The SMILES string of the molecule is C=CCO[C@H](C)[C@H]1O[C@H](OCC[Si](C)(C)C)[C@H](OC(C)=O)[C@@H](OC(C)=O)[C@H]1OC(C)=O. The van der Waals surface area contributed by atoms with Gasteiger partial charge in [-0.15, -0.1) is 6.58 Å². The first-order chi connectivity index (χ1) is 14.4. The first-order valence-corrected chi connectivity index (χ1v) is 14.1. The van der Waals surface area contributed by atoms with Gasteiger partial charge < -0.3 is 28.4 Å². The normalized spacial score (nSPS) is 27.1. The Labute approximate surface area is 185 Å². The fraction of sp³-hybridized carbons (Fsp3) is 0.762. The van der Waals surface area contributed by atoms with Crippen molar-refractivity contribution in [3.05, 3.63) is 12.7 Å². The van der Waals surface area contributed by atoms with E-state index in [0.717, 1.165) is 6.04 Å². The van der Waals surface area contributed by atoms with E-state index in [2.05, 4.69) is 26.2 Å². The van der Waals surface area contributed by atoms with Gasteiger partial charge in [-0.2, -0.15) is 0 Å². The molecule has 1 aliphatic heterocycles. The van der Waals surface area contributed by atoms with E-state index in [1.165, 1.54) is 20.8 Å². The second kappa shape index (κ2) is 12.3. The molecule has 178 valence electrons. The molecule has 10 heteroatoms. The van der Waals surface area contributed by atoms with Gasteiger partial charge in [-0.3, -0.25) is 14.4 Å². The summed E-state index contributed by atoms with van der Waals surface area (Å²) in [5, 5.41) is 0. The van der Waals surface area contributed by atoms with Gasteiger partial charge >= 0.3 is 17.9 Å². The molecule has 1 rings (SSSR count). The standard InChI is InChI=1S/C21H36O9Si/c1-9-10-25-13(2)17-18(27-14(3)22)19(28-15(4)23)20(29-16(5)24)21(30-17)26-11-12-31(6,7)8/h9,13,17-21H,1,10-12H2,2-8H3/t13-,17-,18+,19+,20-,21+/m1/s1. The molecule has 9 nitrogen and oxygen atoms in total. The molecular weight excluding hydrogens is 424 g/mol. The monoisotopic (exact) mass is 460 g/mol. The Morgan fingerprint density at radius 1 is 0.968 bits per heavy atom. The molecule has 1 heterocycles.